The molecule has 0 saturated carbocycles. The van der Waals surface area contributed by atoms with Crippen LogP contribution in [-0.2, 0) is 9.84 Å². The molecule has 1 heterocycles. The number of anilines is 1. The van der Waals surface area contributed by atoms with Gasteiger partial charge in [0.25, 0.3) is 0 Å². The number of sulfone groups is 1. The summed E-state index contributed by atoms with van der Waals surface area (Å²) in [5.74, 6) is -0.0326. The molecule has 15 heavy (non-hydrogen) atoms. The van der Waals surface area contributed by atoms with Crippen LogP contribution in [0, 0.1) is 0 Å². The van der Waals surface area contributed by atoms with Gasteiger partial charge >= 0.3 is 5.24 Å². The van der Waals surface area contributed by atoms with Crippen LogP contribution in [0.1, 0.15) is 6.42 Å². The Labute approximate surface area is 88.4 Å². The molecule has 4 nitrogen and oxygen atoms in total. The average Bonchev–Trinajstić information content (AvgIpc) is 2.23. The van der Waals surface area contributed by atoms with E-state index in [1.165, 1.54) is 4.90 Å². The summed E-state index contributed by atoms with van der Waals surface area (Å²) in [5.41, 5.74) is 0.644. The second-order valence-electron chi connectivity index (χ2n) is 3.43. The monoisotopic (exact) mass is 225 g/mol. The van der Waals surface area contributed by atoms with E-state index in [0.717, 1.165) is 0 Å². The standard InChI is InChI=1S/C10H11NO3S/c12-10-11(7-4-8-15(10,13)14)9-5-2-1-3-6-9/h1-3,5-6H,4,7-8H2. The number of para-hydroxylation sites is 1. The minimum Gasteiger partial charge on any atom is -0.299 e. The summed E-state index contributed by atoms with van der Waals surface area (Å²) >= 11 is 0. The number of carbonyl (C=O) groups excluding carboxylic acids is 1. The first-order valence-corrected chi connectivity index (χ1v) is 6.36. The zero-order valence-corrected chi connectivity index (χ0v) is 8.90. The summed E-state index contributed by atoms with van der Waals surface area (Å²) in [6.07, 6.45) is 0.503. The summed E-state index contributed by atoms with van der Waals surface area (Å²) in [5, 5.41) is -0.778. The van der Waals surface area contributed by atoms with Crippen molar-refractivity contribution in [2.75, 3.05) is 17.2 Å². The Hall–Kier alpha value is -1.36. The Morgan fingerprint density at radius 2 is 1.80 bits per heavy atom. The van der Waals surface area contributed by atoms with E-state index in [4.69, 9.17) is 0 Å². The summed E-state index contributed by atoms with van der Waals surface area (Å²) in [4.78, 5) is 12.9. The van der Waals surface area contributed by atoms with E-state index >= 15 is 0 Å². The van der Waals surface area contributed by atoms with Crippen LogP contribution in [0.15, 0.2) is 30.3 Å². The van der Waals surface area contributed by atoms with Crippen molar-refractivity contribution in [3.63, 3.8) is 0 Å². The maximum absolute atomic E-state index is 11.6. The third kappa shape index (κ3) is 1.87. The first-order chi connectivity index (χ1) is 7.11. The zero-order valence-electron chi connectivity index (χ0n) is 8.09. The minimum atomic E-state index is -3.57. The fourth-order valence-electron chi connectivity index (χ4n) is 1.60. The van der Waals surface area contributed by atoms with Crippen LogP contribution < -0.4 is 4.90 Å². The summed E-state index contributed by atoms with van der Waals surface area (Å²) < 4.78 is 22.7. The van der Waals surface area contributed by atoms with Gasteiger partial charge in [0, 0.05) is 12.2 Å². The van der Waals surface area contributed by atoms with Crippen molar-refractivity contribution in [1.82, 2.24) is 0 Å². The van der Waals surface area contributed by atoms with Crippen molar-refractivity contribution < 1.29 is 13.2 Å². The SMILES string of the molecule is O=C1N(c2ccccc2)CCCS1(=O)=O. The Kier molecular flexibility index (Phi) is 2.48. The molecule has 0 bridgehead atoms. The van der Waals surface area contributed by atoms with Crippen LogP contribution in [0.5, 0.6) is 0 Å². The van der Waals surface area contributed by atoms with Crippen molar-refractivity contribution in [3.8, 4) is 0 Å². The van der Waals surface area contributed by atoms with Gasteiger partial charge < -0.3 is 0 Å². The van der Waals surface area contributed by atoms with Gasteiger partial charge in [0.1, 0.15) is 0 Å². The Morgan fingerprint density at radius 1 is 1.13 bits per heavy atom. The van der Waals surface area contributed by atoms with E-state index in [1.807, 2.05) is 6.07 Å². The molecule has 0 N–H and O–H groups in total. The highest BCUT2D eigenvalue weighted by atomic mass is 32.2. The van der Waals surface area contributed by atoms with Crippen molar-refractivity contribution in [3.05, 3.63) is 30.3 Å². The van der Waals surface area contributed by atoms with E-state index in [2.05, 4.69) is 0 Å². The first kappa shape index (κ1) is 10.2. The van der Waals surface area contributed by atoms with Crippen LogP contribution in [0.4, 0.5) is 10.5 Å². The molecule has 5 heteroatoms. The van der Waals surface area contributed by atoms with E-state index < -0.39 is 15.1 Å². The zero-order chi connectivity index (χ0) is 10.9. The van der Waals surface area contributed by atoms with Crippen LogP contribution in [0.25, 0.3) is 0 Å². The predicted molar refractivity (Wildman–Crippen MR) is 57.6 cm³/mol. The number of amides is 1. The van der Waals surface area contributed by atoms with Gasteiger partial charge in [-0.2, -0.15) is 0 Å². The molecule has 1 amide bonds. The molecule has 1 saturated heterocycles. The summed E-state index contributed by atoms with van der Waals surface area (Å²) in [6.45, 7) is 0.474. The van der Waals surface area contributed by atoms with Gasteiger partial charge in [0.05, 0.1) is 5.75 Å². The molecule has 1 aliphatic rings. The van der Waals surface area contributed by atoms with Crippen LogP contribution in [0.3, 0.4) is 0 Å². The molecule has 0 aromatic heterocycles. The molecule has 80 valence electrons. The quantitative estimate of drug-likeness (QED) is 0.726. The molecule has 1 fully saturated rings. The lowest BCUT2D eigenvalue weighted by atomic mass is 10.3. The Morgan fingerprint density at radius 3 is 2.47 bits per heavy atom. The molecule has 0 atom stereocenters. The molecule has 1 aromatic rings. The van der Waals surface area contributed by atoms with E-state index in [0.29, 0.717) is 18.7 Å². The molecule has 0 radical (unpaired) electrons. The number of rotatable bonds is 1. The van der Waals surface area contributed by atoms with Crippen molar-refractivity contribution in [1.29, 1.82) is 0 Å². The molecule has 1 aromatic carbocycles. The van der Waals surface area contributed by atoms with Crippen molar-refractivity contribution in [2.24, 2.45) is 0 Å². The molecular weight excluding hydrogens is 214 g/mol. The third-order valence-electron chi connectivity index (χ3n) is 2.35. The fraction of sp³-hybridized carbons (Fsp3) is 0.300. The van der Waals surface area contributed by atoms with Crippen LogP contribution in [0.2, 0.25) is 0 Å². The maximum atomic E-state index is 11.6. The topological polar surface area (TPSA) is 54.5 Å². The largest absolute Gasteiger partial charge is 0.343 e. The van der Waals surface area contributed by atoms with Crippen molar-refractivity contribution >= 4 is 20.8 Å². The molecule has 0 aliphatic carbocycles. The number of nitrogens with zero attached hydrogens (tertiary/aromatic N) is 1. The fourth-order valence-corrected chi connectivity index (χ4v) is 2.82. The highest BCUT2D eigenvalue weighted by Gasteiger charge is 2.33. The molecule has 2 rings (SSSR count). The van der Waals surface area contributed by atoms with Crippen LogP contribution in [-0.4, -0.2) is 26.0 Å². The lowest BCUT2D eigenvalue weighted by Gasteiger charge is -2.26. The van der Waals surface area contributed by atoms with Crippen LogP contribution >= 0.6 is 0 Å². The molecule has 1 aliphatic heterocycles. The number of hydrogen-bond donors (Lipinski definition) is 0. The smallest absolute Gasteiger partial charge is 0.299 e. The number of benzene rings is 1. The second-order valence-corrected chi connectivity index (χ2v) is 5.41. The third-order valence-corrected chi connectivity index (χ3v) is 3.93. The highest BCUT2D eigenvalue weighted by Crippen LogP contribution is 2.20. The van der Waals surface area contributed by atoms with Crippen molar-refractivity contribution in [2.45, 2.75) is 6.42 Å². The first-order valence-electron chi connectivity index (χ1n) is 4.70. The molecular formula is C10H11NO3S. The summed E-state index contributed by atoms with van der Waals surface area (Å²) in [6, 6.07) is 8.86. The second kappa shape index (κ2) is 3.66. The van der Waals surface area contributed by atoms with Gasteiger partial charge in [-0.25, -0.2) is 8.42 Å². The number of carbonyl (C=O) groups is 1. The van der Waals surface area contributed by atoms with Gasteiger partial charge in [-0.1, -0.05) is 18.2 Å². The number of hydrogen-bond acceptors (Lipinski definition) is 3. The Bertz CT molecular complexity index is 467. The summed E-state index contributed by atoms with van der Waals surface area (Å²) in [7, 11) is -3.57. The van der Waals surface area contributed by atoms with Gasteiger partial charge in [0.15, 0.2) is 0 Å². The molecule has 0 unspecified atom stereocenters. The normalized spacial score (nSPS) is 20.3. The molecule has 0 spiro atoms. The lowest BCUT2D eigenvalue weighted by molar-refractivity contribution is 0.262. The Balaban J connectivity index is 2.35. The van der Waals surface area contributed by atoms with Gasteiger partial charge in [0.2, 0.25) is 9.84 Å². The van der Waals surface area contributed by atoms with E-state index in [-0.39, 0.29) is 5.75 Å². The van der Waals surface area contributed by atoms with E-state index in [9.17, 15) is 13.2 Å². The lowest BCUT2D eigenvalue weighted by Crippen LogP contribution is -2.42. The van der Waals surface area contributed by atoms with Gasteiger partial charge in [-0.05, 0) is 18.6 Å². The highest BCUT2D eigenvalue weighted by molar-refractivity contribution is 8.06. The van der Waals surface area contributed by atoms with Gasteiger partial charge in [-0.15, -0.1) is 0 Å². The van der Waals surface area contributed by atoms with E-state index in [1.54, 1.807) is 24.3 Å². The maximum Gasteiger partial charge on any atom is 0.343 e. The average molecular weight is 225 g/mol. The predicted octanol–water partition coefficient (Wildman–Crippen LogP) is 1.43. The minimum absolute atomic E-state index is 0.0326. The van der Waals surface area contributed by atoms with Gasteiger partial charge in [-0.3, -0.25) is 9.69 Å².